The van der Waals surface area contributed by atoms with Crippen LogP contribution in [0.4, 0.5) is 0 Å². The highest BCUT2D eigenvalue weighted by Gasteiger charge is 2.28. The first kappa shape index (κ1) is 13.6. The van der Waals surface area contributed by atoms with Crippen LogP contribution in [0.1, 0.15) is 24.6 Å². The Kier molecular flexibility index (Phi) is 2.91. The van der Waals surface area contributed by atoms with Crippen molar-refractivity contribution in [3.63, 3.8) is 0 Å². The van der Waals surface area contributed by atoms with Crippen LogP contribution in [0.3, 0.4) is 0 Å². The maximum Gasteiger partial charge on any atom is 0.259 e. The van der Waals surface area contributed by atoms with Gasteiger partial charge in [0, 0.05) is 17.6 Å². The fraction of sp³-hybridized carbons (Fsp3) is 0.294. The van der Waals surface area contributed by atoms with E-state index < -0.39 is 0 Å². The fourth-order valence-electron chi connectivity index (χ4n) is 3.10. The SMILES string of the molecule is COc1cc2c(=O)n(C3CC3)c3c(C)nccc3c2cc1Cl. The number of hydrogen-bond donors (Lipinski definition) is 0. The molecule has 0 aliphatic heterocycles. The van der Waals surface area contributed by atoms with Gasteiger partial charge in [-0.15, -0.1) is 0 Å². The van der Waals surface area contributed by atoms with E-state index in [1.165, 1.54) is 0 Å². The lowest BCUT2D eigenvalue weighted by atomic mass is 10.1. The number of pyridine rings is 2. The van der Waals surface area contributed by atoms with Gasteiger partial charge in [0.2, 0.25) is 0 Å². The maximum atomic E-state index is 13.0. The Morgan fingerprint density at radius 1 is 1.27 bits per heavy atom. The van der Waals surface area contributed by atoms with Gasteiger partial charge in [-0.1, -0.05) is 11.6 Å². The van der Waals surface area contributed by atoms with E-state index in [0.717, 1.165) is 34.8 Å². The van der Waals surface area contributed by atoms with Crippen LogP contribution in [-0.2, 0) is 0 Å². The molecule has 3 aromatic rings. The molecule has 1 fully saturated rings. The van der Waals surface area contributed by atoms with Gasteiger partial charge in [-0.2, -0.15) is 0 Å². The number of halogens is 1. The number of nitrogens with zero attached hydrogens (tertiary/aromatic N) is 2. The smallest absolute Gasteiger partial charge is 0.259 e. The van der Waals surface area contributed by atoms with Crippen LogP contribution in [0.5, 0.6) is 5.75 Å². The van der Waals surface area contributed by atoms with Crippen LogP contribution in [0.15, 0.2) is 29.2 Å². The summed E-state index contributed by atoms with van der Waals surface area (Å²) in [5.74, 6) is 0.527. The van der Waals surface area contributed by atoms with Gasteiger partial charge in [0.15, 0.2) is 0 Å². The van der Waals surface area contributed by atoms with Crippen LogP contribution < -0.4 is 10.3 Å². The molecule has 1 aliphatic carbocycles. The molecule has 0 spiro atoms. The molecular weight excluding hydrogens is 300 g/mol. The van der Waals surface area contributed by atoms with Crippen LogP contribution >= 0.6 is 11.6 Å². The van der Waals surface area contributed by atoms with Crippen molar-refractivity contribution in [1.82, 2.24) is 9.55 Å². The van der Waals surface area contributed by atoms with Gasteiger partial charge < -0.3 is 9.30 Å². The van der Waals surface area contributed by atoms with Gasteiger partial charge >= 0.3 is 0 Å². The monoisotopic (exact) mass is 314 g/mol. The predicted molar refractivity (Wildman–Crippen MR) is 88.1 cm³/mol. The first-order valence-corrected chi connectivity index (χ1v) is 7.66. The zero-order chi connectivity index (χ0) is 15.4. The Morgan fingerprint density at radius 2 is 2.05 bits per heavy atom. The first-order valence-electron chi connectivity index (χ1n) is 7.29. The summed E-state index contributed by atoms with van der Waals surface area (Å²) in [6.45, 7) is 1.94. The molecule has 1 aliphatic rings. The van der Waals surface area contributed by atoms with Gasteiger partial charge in [0.25, 0.3) is 5.56 Å². The maximum absolute atomic E-state index is 13.0. The van der Waals surface area contributed by atoms with Crippen molar-refractivity contribution < 1.29 is 4.74 Å². The Bertz CT molecular complexity index is 974. The topological polar surface area (TPSA) is 44.1 Å². The van der Waals surface area contributed by atoms with Crippen molar-refractivity contribution in [2.45, 2.75) is 25.8 Å². The minimum absolute atomic E-state index is 0.0102. The van der Waals surface area contributed by atoms with E-state index in [9.17, 15) is 4.79 Å². The van der Waals surface area contributed by atoms with Crippen LogP contribution in [-0.4, -0.2) is 16.7 Å². The number of rotatable bonds is 2. The first-order chi connectivity index (χ1) is 10.6. The van der Waals surface area contributed by atoms with E-state index >= 15 is 0 Å². The molecule has 4 nitrogen and oxygen atoms in total. The number of methoxy groups -OCH3 is 1. The Hall–Kier alpha value is -2.07. The summed E-state index contributed by atoms with van der Waals surface area (Å²) >= 11 is 6.26. The van der Waals surface area contributed by atoms with Crippen molar-refractivity contribution in [3.05, 3.63) is 45.5 Å². The van der Waals surface area contributed by atoms with E-state index in [1.54, 1.807) is 19.4 Å². The molecule has 2 heterocycles. The number of hydrogen-bond acceptors (Lipinski definition) is 3. The van der Waals surface area contributed by atoms with E-state index in [1.807, 2.05) is 23.6 Å². The molecule has 4 rings (SSSR count). The molecule has 1 aromatic carbocycles. The second-order valence-corrected chi connectivity index (χ2v) is 6.14. The van der Waals surface area contributed by atoms with Gasteiger partial charge in [0.1, 0.15) is 5.75 Å². The molecule has 112 valence electrons. The molecule has 0 radical (unpaired) electrons. The number of benzene rings is 1. The lowest BCUT2D eigenvalue weighted by Crippen LogP contribution is -2.21. The second-order valence-electron chi connectivity index (χ2n) is 5.73. The third kappa shape index (κ3) is 1.83. The van der Waals surface area contributed by atoms with Crippen LogP contribution in [0.2, 0.25) is 5.02 Å². The van der Waals surface area contributed by atoms with Crippen LogP contribution in [0, 0.1) is 6.92 Å². The zero-order valence-corrected chi connectivity index (χ0v) is 13.1. The molecule has 22 heavy (non-hydrogen) atoms. The molecule has 1 saturated carbocycles. The fourth-order valence-corrected chi connectivity index (χ4v) is 3.34. The standard InChI is InChI=1S/C17H15ClN2O2/c1-9-16-11(5-6-19-9)12-7-14(18)15(22-2)8-13(12)17(21)20(16)10-3-4-10/h5-8,10H,3-4H2,1-2H3. The molecule has 0 amide bonds. The lowest BCUT2D eigenvalue weighted by Gasteiger charge is -2.15. The van der Waals surface area contributed by atoms with Crippen molar-refractivity contribution >= 4 is 33.3 Å². The Labute approximate surface area is 132 Å². The van der Waals surface area contributed by atoms with Crippen molar-refractivity contribution in [1.29, 1.82) is 0 Å². The lowest BCUT2D eigenvalue weighted by molar-refractivity contribution is 0.415. The number of fused-ring (bicyclic) bond motifs is 3. The van der Waals surface area contributed by atoms with E-state index in [-0.39, 0.29) is 11.6 Å². The molecule has 0 unspecified atom stereocenters. The van der Waals surface area contributed by atoms with Gasteiger partial charge in [-0.3, -0.25) is 9.78 Å². The molecular formula is C17H15ClN2O2. The zero-order valence-electron chi connectivity index (χ0n) is 12.4. The average molecular weight is 315 g/mol. The summed E-state index contributed by atoms with van der Waals surface area (Å²) < 4.78 is 7.16. The number of aromatic nitrogens is 2. The predicted octanol–water partition coefficient (Wildman–Crippen LogP) is 3.86. The number of ether oxygens (including phenoxy) is 1. The summed E-state index contributed by atoms with van der Waals surface area (Å²) in [5.41, 5.74) is 1.80. The summed E-state index contributed by atoms with van der Waals surface area (Å²) in [6, 6.07) is 5.79. The van der Waals surface area contributed by atoms with Gasteiger partial charge in [-0.05, 0) is 43.4 Å². The normalized spacial score (nSPS) is 14.7. The van der Waals surface area contributed by atoms with E-state index in [4.69, 9.17) is 16.3 Å². The molecule has 2 aromatic heterocycles. The molecule has 5 heteroatoms. The minimum Gasteiger partial charge on any atom is -0.495 e. The van der Waals surface area contributed by atoms with Crippen LogP contribution in [0.25, 0.3) is 21.7 Å². The minimum atomic E-state index is 0.0102. The third-order valence-electron chi connectivity index (χ3n) is 4.29. The Morgan fingerprint density at radius 3 is 2.73 bits per heavy atom. The van der Waals surface area contributed by atoms with E-state index in [2.05, 4.69) is 4.98 Å². The summed E-state index contributed by atoms with van der Waals surface area (Å²) in [7, 11) is 1.56. The van der Waals surface area contributed by atoms with Crippen molar-refractivity contribution in [2.24, 2.45) is 0 Å². The Balaban J connectivity index is 2.27. The molecule has 0 atom stereocenters. The highest BCUT2D eigenvalue weighted by molar-refractivity contribution is 6.33. The summed E-state index contributed by atoms with van der Waals surface area (Å²) in [4.78, 5) is 17.4. The highest BCUT2D eigenvalue weighted by Crippen LogP contribution is 2.39. The third-order valence-corrected chi connectivity index (χ3v) is 4.59. The average Bonchev–Trinajstić information content (AvgIpc) is 3.33. The quantitative estimate of drug-likeness (QED) is 0.675. The van der Waals surface area contributed by atoms with Gasteiger partial charge in [-0.25, -0.2) is 0 Å². The van der Waals surface area contributed by atoms with Crippen molar-refractivity contribution in [3.8, 4) is 5.75 Å². The largest absolute Gasteiger partial charge is 0.495 e. The molecule has 0 bridgehead atoms. The summed E-state index contributed by atoms with van der Waals surface area (Å²) in [5, 5.41) is 3.02. The molecule has 0 saturated heterocycles. The summed E-state index contributed by atoms with van der Waals surface area (Å²) in [6.07, 6.45) is 3.86. The highest BCUT2D eigenvalue weighted by atomic mass is 35.5. The number of aryl methyl sites for hydroxylation is 1. The van der Waals surface area contributed by atoms with Crippen molar-refractivity contribution in [2.75, 3.05) is 7.11 Å². The second kappa shape index (κ2) is 4.71. The molecule has 0 N–H and O–H groups in total. The van der Waals surface area contributed by atoms with E-state index in [0.29, 0.717) is 16.2 Å². The van der Waals surface area contributed by atoms with Gasteiger partial charge in [0.05, 0.1) is 28.7 Å².